The highest BCUT2D eigenvalue weighted by Crippen LogP contribution is 2.32. The van der Waals surface area contributed by atoms with E-state index < -0.39 is 22.2 Å². The van der Waals surface area contributed by atoms with Crippen LogP contribution in [-0.2, 0) is 20.0 Å². The molecule has 1 heterocycles. The van der Waals surface area contributed by atoms with Gasteiger partial charge in [0.05, 0.1) is 24.7 Å². The van der Waals surface area contributed by atoms with Crippen LogP contribution in [0.3, 0.4) is 0 Å². The molecule has 0 aliphatic carbocycles. The van der Waals surface area contributed by atoms with Crippen molar-refractivity contribution in [2.45, 2.75) is 24.3 Å². The Morgan fingerprint density at radius 3 is 2.22 bits per heavy atom. The molecule has 0 amide bonds. The van der Waals surface area contributed by atoms with Crippen LogP contribution >= 0.6 is 15.9 Å². The monoisotopic (exact) mass is 326 g/mol. The molecule has 100 valence electrons. The normalized spacial score (nSPS) is 15.0. The van der Waals surface area contributed by atoms with E-state index in [1.807, 2.05) is 0 Å². The summed E-state index contributed by atoms with van der Waals surface area (Å²) in [7, 11) is 0. The molecule has 4 nitrogen and oxygen atoms in total. The zero-order valence-electron chi connectivity index (χ0n) is 9.58. The van der Waals surface area contributed by atoms with Gasteiger partial charge in [-0.3, -0.25) is 9.78 Å². The van der Waals surface area contributed by atoms with Gasteiger partial charge in [-0.1, -0.05) is 15.9 Å². The Bertz CT molecular complexity index is 432. The number of hydrogen-bond donors (Lipinski definition) is 0. The summed E-state index contributed by atoms with van der Waals surface area (Å²) in [5.74, 6) is -0.640. The van der Waals surface area contributed by atoms with Crippen molar-refractivity contribution in [3.05, 3.63) is 23.8 Å². The fourth-order valence-corrected chi connectivity index (χ4v) is 1.41. The average Bonchev–Trinajstić information content (AvgIpc) is 2.28. The first-order valence-electron chi connectivity index (χ1n) is 4.95. The molecule has 1 rings (SSSR count). The molecule has 0 fully saturated rings. The third-order valence-electron chi connectivity index (χ3n) is 2.08. The van der Waals surface area contributed by atoms with Crippen LogP contribution in [0.4, 0.5) is 13.2 Å². The molecule has 8 heteroatoms. The SMILES string of the molecule is CCOC(=O)[C@](C)(Br)c1cnc(C(F)(F)F)cn1. The number of nitrogens with zero attached hydrogens (tertiary/aromatic N) is 2. The summed E-state index contributed by atoms with van der Waals surface area (Å²) >= 11 is 3.07. The average molecular weight is 327 g/mol. The van der Waals surface area contributed by atoms with Crippen molar-refractivity contribution < 1.29 is 22.7 Å². The molecule has 1 aromatic rings. The van der Waals surface area contributed by atoms with Gasteiger partial charge in [-0.15, -0.1) is 0 Å². The van der Waals surface area contributed by atoms with Crippen LogP contribution in [0, 0.1) is 0 Å². The minimum absolute atomic E-state index is 0.0500. The highest BCUT2D eigenvalue weighted by molar-refractivity contribution is 9.10. The molecule has 1 aromatic heterocycles. The predicted molar refractivity (Wildman–Crippen MR) is 59.9 cm³/mol. The van der Waals surface area contributed by atoms with Gasteiger partial charge in [0.15, 0.2) is 10.0 Å². The molecule has 1 atom stereocenters. The molecule has 0 N–H and O–H groups in total. The summed E-state index contributed by atoms with van der Waals surface area (Å²) in [4.78, 5) is 18.4. The van der Waals surface area contributed by atoms with Gasteiger partial charge in [-0.05, 0) is 13.8 Å². The molecular weight excluding hydrogens is 317 g/mol. The Morgan fingerprint density at radius 2 is 1.83 bits per heavy atom. The van der Waals surface area contributed by atoms with Crippen LogP contribution in [0.25, 0.3) is 0 Å². The summed E-state index contributed by atoms with van der Waals surface area (Å²) in [6.45, 7) is 3.22. The first-order valence-corrected chi connectivity index (χ1v) is 5.74. The Kier molecular flexibility index (Phi) is 4.31. The number of carbonyl (C=O) groups is 1. The second kappa shape index (κ2) is 5.21. The van der Waals surface area contributed by atoms with Crippen LogP contribution in [-0.4, -0.2) is 22.5 Å². The van der Waals surface area contributed by atoms with Crippen molar-refractivity contribution in [2.24, 2.45) is 0 Å². The van der Waals surface area contributed by atoms with Crippen LogP contribution in [0.2, 0.25) is 0 Å². The standard InChI is InChI=1S/C10H10BrF3N2O2/c1-3-18-8(17)9(2,11)6-4-16-7(5-15-6)10(12,13)14/h4-5H,3H2,1-2H3/t9-/m1/s1. The maximum absolute atomic E-state index is 12.3. The summed E-state index contributed by atoms with van der Waals surface area (Å²) in [6, 6.07) is 0. The predicted octanol–water partition coefficient (Wildman–Crippen LogP) is 2.67. The van der Waals surface area contributed by atoms with Crippen LogP contribution < -0.4 is 0 Å². The Labute approximate surface area is 110 Å². The molecule has 0 spiro atoms. The summed E-state index contributed by atoms with van der Waals surface area (Å²) in [5.41, 5.74) is -1.06. The zero-order valence-corrected chi connectivity index (χ0v) is 11.2. The van der Waals surface area contributed by atoms with Crippen molar-refractivity contribution in [1.82, 2.24) is 9.97 Å². The van der Waals surface area contributed by atoms with E-state index in [1.54, 1.807) is 6.92 Å². The first kappa shape index (κ1) is 14.9. The highest BCUT2D eigenvalue weighted by Gasteiger charge is 2.38. The molecule has 0 saturated heterocycles. The minimum Gasteiger partial charge on any atom is -0.465 e. The van der Waals surface area contributed by atoms with Crippen LogP contribution in [0.1, 0.15) is 25.2 Å². The van der Waals surface area contributed by atoms with Gasteiger partial charge in [0, 0.05) is 0 Å². The van der Waals surface area contributed by atoms with Crippen molar-refractivity contribution in [2.75, 3.05) is 6.61 Å². The molecule has 0 unspecified atom stereocenters. The number of ether oxygens (including phenoxy) is 1. The number of rotatable bonds is 3. The van der Waals surface area contributed by atoms with Gasteiger partial charge in [0.25, 0.3) is 0 Å². The van der Waals surface area contributed by atoms with E-state index in [1.165, 1.54) is 6.92 Å². The number of halogens is 4. The summed E-state index contributed by atoms with van der Waals surface area (Å²) < 4.78 is 40.3. The minimum atomic E-state index is -4.56. The molecule has 0 aliphatic heterocycles. The molecule has 18 heavy (non-hydrogen) atoms. The molecular formula is C10H10BrF3N2O2. The second-order valence-electron chi connectivity index (χ2n) is 3.51. The number of esters is 1. The third-order valence-corrected chi connectivity index (χ3v) is 2.81. The molecule has 0 saturated carbocycles. The fraction of sp³-hybridized carbons (Fsp3) is 0.500. The summed E-state index contributed by atoms with van der Waals surface area (Å²) in [6.07, 6.45) is -3.08. The van der Waals surface area contributed by atoms with Gasteiger partial charge in [0.2, 0.25) is 0 Å². The highest BCUT2D eigenvalue weighted by atomic mass is 79.9. The number of alkyl halides is 4. The number of aromatic nitrogens is 2. The Balaban J connectivity index is 3.01. The van der Waals surface area contributed by atoms with Gasteiger partial charge >= 0.3 is 12.1 Å². The van der Waals surface area contributed by atoms with Gasteiger partial charge in [-0.25, -0.2) is 4.98 Å². The van der Waals surface area contributed by atoms with E-state index >= 15 is 0 Å². The fourth-order valence-electron chi connectivity index (χ4n) is 1.09. The maximum atomic E-state index is 12.3. The van der Waals surface area contributed by atoms with E-state index in [0.29, 0.717) is 6.20 Å². The van der Waals surface area contributed by atoms with E-state index in [0.717, 1.165) is 6.20 Å². The first-order chi connectivity index (χ1) is 8.19. The lowest BCUT2D eigenvalue weighted by Crippen LogP contribution is -2.29. The van der Waals surface area contributed by atoms with Crippen LogP contribution in [0.5, 0.6) is 0 Å². The lowest BCUT2D eigenvalue weighted by atomic mass is 10.1. The van der Waals surface area contributed by atoms with E-state index in [2.05, 4.69) is 25.9 Å². The quantitative estimate of drug-likeness (QED) is 0.633. The van der Waals surface area contributed by atoms with Gasteiger partial charge in [0.1, 0.15) is 0 Å². The van der Waals surface area contributed by atoms with Crippen molar-refractivity contribution in [3.63, 3.8) is 0 Å². The second-order valence-corrected chi connectivity index (χ2v) is 5.09. The summed E-state index contributed by atoms with van der Waals surface area (Å²) in [5, 5.41) is 0. The lowest BCUT2D eigenvalue weighted by molar-refractivity contribution is -0.145. The van der Waals surface area contributed by atoms with Gasteiger partial charge < -0.3 is 4.74 Å². The topological polar surface area (TPSA) is 52.1 Å². The van der Waals surface area contributed by atoms with E-state index in [4.69, 9.17) is 4.74 Å². The van der Waals surface area contributed by atoms with Crippen molar-refractivity contribution >= 4 is 21.9 Å². The maximum Gasteiger partial charge on any atom is 0.434 e. The molecule has 0 radical (unpaired) electrons. The zero-order chi connectivity index (χ0) is 14.0. The Morgan fingerprint density at radius 1 is 1.33 bits per heavy atom. The lowest BCUT2D eigenvalue weighted by Gasteiger charge is -2.19. The van der Waals surface area contributed by atoms with Crippen LogP contribution in [0.15, 0.2) is 12.4 Å². The van der Waals surface area contributed by atoms with E-state index in [9.17, 15) is 18.0 Å². The molecule has 0 aliphatic rings. The number of hydrogen-bond acceptors (Lipinski definition) is 4. The smallest absolute Gasteiger partial charge is 0.434 e. The number of carbonyl (C=O) groups excluding carboxylic acids is 1. The van der Waals surface area contributed by atoms with Gasteiger partial charge in [-0.2, -0.15) is 13.2 Å². The molecule has 0 aromatic carbocycles. The third kappa shape index (κ3) is 3.18. The Hall–Kier alpha value is -1.18. The molecule has 0 bridgehead atoms. The largest absolute Gasteiger partial charge is 0.465 e. The van der Waals surface area contributed by atoms with E-state index in [-0.39, 0.29) is 12.3 Å². The van der Waals surface area contributed by atoms with Crippen molar-refractivity contribution in [3.8, 4) is 0 Å². The van der Waals surface area contributed by atoms with Crippen molar-refractivity contribution in [1.29, 1.82) is 0 Å².